The number of nitrogens with zero attached hydrogens (tertiary/aromatic N) is 2. The van der Waals surface area contributed by atoms with Crippen molar-refractivity contribution in [3.63, 3.8) is 0 Å². The van der Waals surface area contributed by atoms with Crippen molar-refractivity contribution in [3.05, 3.63) is 0 Å². The van der Waals surface area contributed by atoms with E-state index in [9.17, 15) is 0 Å². The van der Waals surface area contributed by atoms with Crippen LogP contribution in [0.5, 0.6) is 0 Å². The molecule has 1 saturated carbocycles. The Morgan fingerprint density at radius 1 is 1.29 bits per heavy atom. The fraction of sp³-hybridized carbons (Fsp3) is 0.938. The molecule has 2 aliphatic rings. The van der Waals surface area contributed by atoms with E-state index in [0.717, 1.165) is 19.0 Å². The van der Waals surface area contributed by atoms with Gasteiger partial charge in [-0.3, -0.25) is 4.99 Å². The van der Waals surface area contributed by atoms with E-state index in [-0.39, 0.29) is 36.5 Å². The Bertz CT molecular complexity index is 329. The number of likely N-dealkylation sites (tertiary alicyclic amines) is 1. The lowest BCUT2D eigenvalue weighted by Gasteiger charge is -2.33. The van der Waals surface area contributed by atoms with Crippen LogP contribution in [-0.4, -0.2) is 48.8 Å². The van der Waals surface area contributed by atoms with Crippen LogP contribution < -0.4 is 5.32 Å². The molecule has 4 nitrogen and oxygen atoms in total. The van der Waals surface area contributed by atoms with Gasteiger partial charge in [0.2, 0.25) is 0 Å². The highest BCUT2D eigenvalue weighted by atomic mass is 127. The minimum atomic E-state index is 0. The predicted octanol–water partition coefficient (Wildman–Crippen LogP) is 2.85. The fourth-order valence-electron chi connectivity index (χ4n) is 3.55. The van der Waals surface area contributed by atoms with Gasteiger partial charge in [0.05, 0.1) is 0 Å². The third kappa shape index (κ3) is 5.27. The monoisotopic (exact) mass is 409 g/mol. The van der Waals surface area contributed by atoms with Crippen LogP contribution in [0.3, 0.4) is 0 Å². The van der Waals surface area contributed by atoms with Crippen LogP contribution in [0.15, 0.2) is 4.99 Å². The molecule has 1 saturated heterocycles. The molecule has 1 spiro atoms. The number of halogens is 1. The molecule has 0 aromatic carbocycles. The first kappa shape index (κ1) is 19.0. The summed E-state index contributed by atoms with van der Waals surface area (Å²) in [5.41, 5.74) is 0.567. The Morgan fingerprint density at radius 2 is 2.00 bits per heavy atom. The molecule has 0 aromatic heterocycles. The van der Waals surface area contributed by atoms with E-state index in [1.165, 1.54) is 45.1 Å². The number of hydrogen-bond acceptors (Lipinski definition) is 2. The number of guanidine groups is 1. The quantitative estimate of drug-likeness (QED) is 0.427. The van der Waals surface area contributed by atoms with Crippen molar-refractivity contribution in [2.75, 3.05) is 32.8 Å². The van der Waals surface area contributed by atoms with E-state index in [1.54, 1.807) is 0 Å². The van der Waals surface area contributed by atoms with Gasteiger partial charge in [0.1, 0.15) is 0 Å². The first-order valence-electron chi connectivity index (χ1n) is 8.33. The summed E-state index contributed by atoms with van der Waals surface area (Å²) in [6, 6.07) is 0. The summed E-state index contributed by atoms with van der Waals surface area (Å²) < 4.78 is 0. The van der Waals surface area contributed by atoms with Gasteiger partial charge in [-0.25, -0.2) is 0 Å². The molecule has 5 heteroatoms. The van der Waals surface area contributed by atoms with E-state index < -0.39 is 0 Å². The van der Waals surface area contributed by atoms with Gasteiger partial charge in [-0.2, -0.15) is 0 Å². The van der Waals surface area contributed by atoms with Crippen molar-refractivity contribution >= 4 is 29.9 Å². The Labute approximate surface area is 146 Å². The zero-order valence-electron chi connectivity index (χ0n) is 13.6. The number of rotatable bonds is 4. The molecule has 21 heavy (non-hydrogen) atoms. The Morgan fingerprint density at radius 3 is 2.62 bits per heavy atom. The van der Waals surface area contributed by atoms with Crippen LogP contribution in [-0.2, 0) is 0 Å². The number of aliphatic hydroxyl groups is 1. The van der Waals surface area contributed by atoms with E-state index in [2.05, 4.69) is 17.1 Å². The maximum Gasteiger partial charge on any atom is 0.193 e. The van der Waals surface area contributed by atoms with Crippen molar-refractivity contribution in [2.45, 2.75) is 52.4 Å². The Balaban J connectivity index is 0.00000220. The molecule has 0 bridgehead atoms. The van der Waals surface area contributed by atoms with Crippen LogP contribution >= 0.6 is 24.0 Å². The number of hydrogen-bond donors (Lipinski definition) is 2. The van der Waals surface area contributed by atoms with E-state index in [4.69, 9.17) is 10.1 Å². The number of nitrogens with one attached hydrogen (secondary N) is 1. The van der Waals surface area contributed by atoms with Gasteiger partial charge < -0.3 is 15.3 Å². The highest BCUT2D eigenvalue weighted by Gasteiger charge is 2.39. The molecule has 0 aromatic rings. The summed E-state index contributed by atoms with van der Waals surface area (Å²) in [6.07, 6.45) is 8.36. The van der Waals surface area contributed by atoms with Crippen LogP contribution in [0.25, 0.3) is 0 Å². The summed E-state index contributed by atoms with van der Waals surface area (Å²) in [4.78, 5) is 7.16. The van der Waals surface area contributed by atoms with Gasteiger partial charge in [0.25, 0.3) is 0 Å². The van der Waals surface area contributed by atoms with E-state index in [0.29, 0.717) is 12.0 Å². The Kier molecular flexibility index (Phi) is 8.31. The molecule has 2 N–H and O–H groups in total. The van der Waals surface area contributed by atoms with Crippen molar-refractivity contribution in [1.29, 1.82) is 0 Å². The lowest BCUT2D eigenvalue weighted by molar-refractivity contribution is 0.203. The van der Waals surface area contributed by atoms with Crippen molar-refractivity contribution < 1.29 is 5.11 Å². The molecule has 2 fully saturated rings. The average Bonchev–Trinajstić information content (AvgIpc) is 2.87. The molecule has 124 valence electrons. The van der Waals surface area contributed by atoms with Gasteiger partial charge in [-0.15, -0.1) is 24.0 Å². The van der Waals surface area contributed by atoms with Gasteiger partial charge in [0, 0.05) is 32.8 Å². The largest absolute Gasteiger partial charge is 0.396 e. The second kappa shape index (κ2) is 9.18. The SMILES string of the molecule is CCNC(=NCC(C)CO)N1CCC2(CCCCC2)C1.I. The molecule has 0 radical (unpaired) electrons. The lowest BCUT2D eigenvalue weighted by atomic mass is 9.73. The summed E-state index contributed by atoms with van der Waals surface area (Å²) in [7, 11) is 0. The summed E-state index contributed by atoms with van der Waals surface area (Å²) in [5.74, 6) is 1.30. The van der Waals surface area contributed by atoms with E-state index in [1.807, 2.05) is 6.92 Å². The van der Waals surface area contributed by atoms with Gasteiger partial charge in [-0.1, -0.05) is 26.2 Å². The minimum absolute atomic E-state index is 0. The molecular formula is C16H32IN3O. The van der Waals surface area contributed by atoms with Gasteiger partial charge >= 0.3 is 0 Å². The zero-order chi connectivity index (χ0) is 14.4. The smallest absolute Gasteiger partial charge is 0.193 e. The van der Waals surface area contributed by atoms with Crippen molar-refractivity contribution in [1.82, 2.24) is 10.2 Å². The summed E-state index contributed by atoms with van der Waals surface area (Å²) >= 11 is 0. The predicted molar refractivity (Wildman–Crippen MR) is 99.4 cm³/mol. The highest BCUT2D eigenvalue weighted by Crippen LogP contribution is 2.43. The first-order valence-corrected chi connectivity index (χ1v) is 8.33. The molecule has 1 heterocycles. The standard InChI is InChI=1S/C16H31N3O.HI/c1-3-17-15(18-11-14(2)12-20)19-10-9-16(13-19)7-5-4-6-8-16;/h14,20H,3-13H2,1-2H3,(H,17,18);1H. The van der Waals surface area contributed by atoms with E-state index >= 15 is 0 Å². The van der Waals surface area contributed by atoms with Crippen molar-refractivity contribution in [2.24, 2.45) is 16.3 Å². The minimum Gasteiger partial charge on any atom is -0.396 e. The second-order valence-electron chi connectivity index (χ2n) is 6.71. The molecular weight excluding hydrogens is 377 g/mol. The third-order valence-electron chi connectivity index (χ3n) is 4.85. The van der Waals surface area contributed by atoms with Crippen LogP contribution in [0.4, 0.5) is 0 Å². The highest BCUT2D eigenvalue weighted by molar-refractivity contribution is 14.0. The molecule has 1 aliphatic carbocycles. The number of aliphatic hydroxyl groups excluding tert-OH is 1. The summed E-state index contributed by atoms with van der Waals surface area (Å²) in [5, 5.41) is 12.6. The van der Waals surface area contributed by atoms with Gasteiger partial charge in [0.15, 0.2) is 5.96 Å². The normalized spacial score (nSPS) is 23.0. The lowest BCUT2D eigenvalue weighted by Crippen LogP contribution is -2.42. The topological polar surface area (TPSA) is 47.9 Å². The fourth-order valence-corrected chi connectivity index (χ4v) is 3.55. The first-order chi connectivity index (χ1) is 9.69. The maximum atomic E-state index is 9.14. The van der Waals surface area contributed by atoms with Crippen LogP contribution in [0.2, 0.25) is 0 Å². The molecule has 1 atom stereocenters. The third-order valence-corrected chi connectivity index (χ3v) is 4.85. The average molecular weight is 409 g/mol. The second-order valence-corrected chi connectivity index (χ2v) is 6.71. The molecule has 1 unspecified atom stereocenters. The van der Waals surface area contributed by atoms with Gasteiger partial charge in [-0.05, 0) is 37.5 Å². The maximum absolute atomic E-state index is 9.14. The van der Waals surface area contributed by atoms with Crippen molar-refractivity contribution in [3.8, 4) is 0 Å². The van der Waals surface area contributed by atoms with Crippen LogP contribution in [0, 0.1) is 11.3 Å². The molecule has 0 amide bonds. The molecule has 2 rings (SSSR count). The number of aliphatic imine (C=N–C) groups is 1. The Hall–Kier alpha value is -0.0400. The summed E-state index contributed by atoms with van der Waals surface area (Å²) in [6.45, 7) is 8.31. The zero-order valence-corrected chi connectivity index (χ0v) is 15.9. The molecule has 1 aliphatic heterocycles. The van der Waals surface area contributed by atoms with Crippen LogP contribution in [0.1, 0.15) is 52.4 Å².